The molecule has 0 spiro atoms. The predicted octanol–water partition coefficient (Wildman–Crippen LogP) is 10.1. The Morgan fingerprint density at radius 1 is 0.500 bits per heavy atom. The predicted molar refractivity (Wildman–Crippen MR) is 185 cm³/mol. The lowest BCUT2D eigenvalue weighted by molar-refractivity contribution is 0.0980. The molecule has 0 fully saturated rings. The highest BCUT2D eigenvalue weighted by molar-refractivity contribution is 6.32. The molecule has 0 aliphatic heterocycles. The third-order valence-electron chi connectivity index (χ3n) is 8.92. The monoisotopic (exact) mass is 586 g/mol. The normalized spacial score (nSPS) is 12.2. The van der Waals surface area contributed by atoms with Gasteiger partial charge in [0.25, 0.3) is 0 Å². The average molecular weight is 587 g/mol. The van der Waals surface area contributed by atoms with E-state index in [1.165, 1.54) is 33.4 Å². The molecule has 228 valence electrons. The highest BCUT2D eigenvalue weighted by Gasteiger charge is 2.34. The highest BCUT2D eigenvalue weighted by Crippen LogP contribution is 2.41. The van der Waals surface area contributed by atoms with E-state index in [-0.39, 0.29) is 11.6 Å². The third-order valence-corrected chi connectivity index (χ3v) is 8.92. The van der Waals surface area contributed by atoms with Crippen LogP contribution in [-0.2, 0) is 38.5 Å². The lowest BCUT2D eigenvalue weighted by atomic mass is 9.82. The molecule has 0 heterocycles. The summed E-state index contributed by atoms with van der Waals surface area (Å²) in [4.78, 5) is 28.5. The molecule has 2 N–H and O–H groups in total. The van der Waals surface area contributed by atoms with Crippen LogP contribution in [0.5, 0.6) is 0 Å². The van der Waals surface area contributed by atoms with E-state index in [1.807, 2.05) is 24.3 Å². The number of hydrogen-bond donors (Lipinski definition) is 2. The topological polar surface area (TPSA) is 58.2 Å². The van der Waals surface area contributed by atoms with Gasteiger partial charge in [-0.3, -0.25) is 9.59 Å². The Morgan fingerprint density at radius 2 is 0.841 bits per heavy atom. The van der Waals surface area contributed by atoms with Crippen molar-refractivity contribution in [1.29, 1.82) is 0 Å². The Hall–Kier alpha value is -4.18. The molecular weight excluding hydrogens is 540 g/mol. The number of anilines is 4. The van der Waals surface area contributed by atoms with Crippen LogP contribution in [0.2, 0.25) is 0 Å². The van der Waals surface area contributed by atoms with Crippen molar-refractivity contribution < 1.29 is 9.59 Å². The molecule has 4 aromatic rings. The van der Waals surface area contributed by atoms with E-state index in [2.05, 4.69) is 76.4 Å². The van der Waals surface area contributed by atoms with Gasteiger partial charge < -0.3 is 10.6 Å². The third kappa shape index (κ3) is 5.83. The summed E-state index contributed by atoms with van der Waals surface area (Å²) in [7, 11) is 0. The largest absolute Gasteiger partial charge is 0.354 e. The van der Waals surface area contributed by atoms with Crippen LogP contribution in [0.1, 0.15) is 120 Å². The van der Waals surface area contributed by atoms with Crippen LogP contribution in [-0.4, -0.2) is 11.6 Å². The van der Waals surface area contributed by atoms with Crippen molar-refractivity contribution in [1.82, 2.24) is 0 Å². The van der Waals surface area contributed by atoms with E-state index >= 15 is 0 Å². The first-order valence-corrected chi connectivity index (χ1v) is 16.6. The van der Waals surface area contributed by atoms with Crippen LogP contribution in [0.15, 0.2) is 60.7 Å². The first-order chi connectivity index (χ1) is 21.4. The van der Waals surface area contributed by atoms with Crippen LogP contribution >= 0.6 is 0 Å². The van der Waals surface area contributed by atoms with Gasteiger partial charge in [0.15, 0.2) is 11.6 Å². The van der Waals surface area contributed by atoms with Gasteiger partial charge in [0.2, 0.25) is 0 Å². The molecule has 4 heteroatoms. The van der Waals surface area contributed by atoms with Gasteiger partial charge in [0.1, 0.15) is 0 Å². The summed E-state index contributed by atoms with van der Waals surface area (Å²) in [6.45, 7) is 13.1. The van der Waals surface area contributed by atoms with E-state index in [1.54, 1.807) is 12.1 Å². The minimum Gasteiger partial charge on any atom is -0.354 e. The van der Waals surface area contributed by atoms with Crippen molar-refractivity contribution in [2.24, 2.45) is 0 Å². The molecule has 0 atom stereocenters. The lowest BCUT2D eigenvalue weighted by Gasteiger charge is -2.26. The van der Waals surface area contributed by atoms with Crippen LogP contribution in [0.3, 0.4) is 0 Å². The van der Waals surface area contributed by atoms with Crippen molar-refractivity contribution in [3.05, 3.63) is 116 Å². The molecule has 0 radical (unpaired) electrons. The molecule has 0 bridgehead atoms. The van der Waals surface area contributed by atoms with E-state index < -0.39 is 0 Å². The van der Waals surface area contributed by atoms with Crippen molar-refractivity contribution in [2.45, 2.75) is 92.9 Å². The average Bonchev–Trinajstić information content (AvgIpc) is 3.05. The number of nitrogens with one attached hydrogen (secondary N) is 2. The summed E-state index contributed by atoms with van der Waals surface area (Å²) in [6.07, 6.45) is 7.76. The molecule has 0 saturated carbocycles. The maximum absolute atomic E-state index is 14.3. The minimum absolute atomic E-state index is 0.121. The number of fused-ring (bicyclic) bond motifs is 2. The Labute approximate surface area is 263 Å². The smallest absolute Gasteiger partial charge is 0.196 e. The number of carbonyl (C=O) groups is 2. The van der Waals surface area contributed by atoms with Gasteiger partial charge >= 0.3 is 0 Å². The molecule has 0 unspecified atom stereocenters. The molecule has 4 aromatic carbocycles. The Morgan fingerprint density at radius 3 is 1.14 bits per heavy atom. The SMILES string of the molecule is CCCc1cc(CC)c(Nc2ccc(Nc3c(CC)cc(CCC)cc3CC)c3c2C(=O)c2ccccc2C3=O)c(CC)c1. The molecule has 1 aliphatic rings. The van der Waals surface area contributed by atoms with Crippen LogP contribution in [0.25, 0.3) is 0 Å². The second-order valence-corrected chi connectivity index (χ2v) is 11.9. The molecule has 1 aliphatic carbocycles. The molecule has 44 heavy (non-hydrogen) atoms. The van der Waals surface area contributed by atoms with Gasteiger partial charge in [-0.2, -0.15) is 0 Å². The van der Waals surface area contributed by atoms with E-state index in [0.29, 0.717) is 33.6 Å². The van der Waals surface area contributed by atoms with Gasteiger partial charge in [0.05, 0.1) is 22.5 Å². The second-order valence-electron chi connectivity index (χ2n) is 11.9. The number of hydrogen-bond acceptors (Lipinski definition) is 4. The zero-order chi connectivity index (χ0) is 31.4. The Balaban J connectivity index is 1.69. The summed E-state index contributed by atoms with van der Waals surface area (Å²) < 4.78 is 0. The van der Waals surface area contributed by atoms with E-state index in [4.69, 9.17) is 0 Å². The number of aryl methyl sites for hydroxylation is 6. The molecule has 5 rings (SSSR count). The first-order valence-electron chi connectivity index (χ1n) is 16.6. The van der Waals surface area contributed by atoms with E-state index in [0.717, 1.165) is 62.7 Å². The lowest BCUT2D eigenvalue weighted by Crippen LogP contribution is -2.24. The zero-order valence-electron chi connectivity index (χ0n) is 27.2. The van der Waals surface area contributed by atoms with Gasteiger partial charge in [-0.05, 0) is 84.0 Å². The zero-order valence-corrected chi connectivity index (χ0v) is 27.2. The summed E-state index contributed by atoms with van der Waals surface area (Å²) in [5, 5.41) is 7.36. The van der Waals surface area contributed by atoms with Gasteiger partial charge in [0, 0.05) is 22.5 Å². The van der Waals surface area contributed by atoms with Gasteiger partial charge in [-0.15, -0.1) is 0 Å². The van der Waals surface area contributed by atoms with Gasteiger partial charge in [-0.25, -0.2) is 0 Å². The number of ketones is 2. The van der Waals surface area contributed by atoms with Crippen LogP contribution < -0.4 is 10.6 Å². The molecular formula is C40H46N2O2. The quantitative estimate of drug-likeness (QED) is 0.153. The second kappa shape index (κ2) is 13.6. The van der Waals surface area contributed by atoms with Crippen molar-refractivity contribution in [3.63, 3.8) is 0 Å². The number of carbonyl (C=O) groups excluding carboxylic acids is 2. The van der Waals surface area contributed by atoms with Crippen molar-refractivity contribution >= 4 is 34.3 Å². The molecule has 0 amide bonds. The van der Waals surface area contributed by atoms with E-state index in [9.17, 15) is 9.59 Å². The summed E-state index contributed by atoms with van der Waals surface area (Å²) in [6, 6.07) is 20.3. The Kier molecular flexibility index (Phi) is 9.68. The summed E-state index contributed by atoms with van der Waals surface area (Å²) in [5.74, 6) is -0.241. The van der Waals surface area contributed by atoms with Crippen LogP contribution in [0.4, 0.5) is 22.7 Å². The van der Waals surface area contributed by atoms with Gasteiger partial charge in [-0.1, -0.05) is 103 Å². The summed E-state index contributed by atoms with van der Waals surface area (Å²) >= 11 is 0. The maximum Gasteiger partial charge on any atom is 0.196 e. The fraction of sp³-hybridized carbons (Fsp3) is 0.350. The van der Waals surface area contributed by atoms with Crippen molar-refractivity contribution in [2.75, 3.05) is 10.6 Å². The fourth-order valence-electron chi connectivity index (χ4n) is 6.68. The summed E-state index contributed by atoms with van der Waals surface area (Å²) in [5.41, 5.74) is 12.9. The minimum atomic E-state index is -0.121. The first kappa shape index (κ1) is 31.3. The molecule has 0 aromatic heterocycles. The number of benzene rings is 4. The Bertz CT molecular complexity index is 1540. The van der Waals surface area contributed by atoms with Crippen LogP contribution in [0, 0.1) is 0 Å². The standard InChI is InChI=1S/C40H46N2O2/c1-7-15-25-21-27(9-3)37(28(10-4)22-25)41-33-19-20-34(36-35(33)39(43)31-17-13-14-18-32(31)40(36)44)42-38-29(11-5)23-26(16-8-2)24-30(38)12-6/h13-14,17-24,41-42H,7-12,15-16H2,1-6H3. The van der Waals surface area contributed by atoms with Crippen molar-refractivity contribution in [3.8, 4) is 0 Å². The fourth-order valence-corrected chi connectivity index (χ4v) is 6.68. The number of rotatable bonds is 12. The molecule has 0 saturated heterocycles. The maximum atomic E-state index is 14.3. The molecule has 4 nitrogen and oxygen atoms in total. The highest BCUT2D eigenvalue weighted by atomic mass is 16.1.